The molecule has 186 valence electrons. The van der Waals surface area contributed by atoms with Crippen LogP contribution in [-0.2, 0) is 21.6 Å². The number of amides is 2. The molecular weight excluding hydrogens is 524 g/mol. The van der Waals surface area contributed by atoms with Crippen LogP contribution < -0.4 is 22.3 Å². The van der Waals surface area contributed by atoms with Crippen molar-refractivity contribution in [1.82, 2.24) is 10.2 Å². The van der Waals surface area contributed by atoms with Gasteiger partial charge in [0.05, 0.1) is 13.1 Å². The van der Waals surface area contributed by atoms with Gasteiger partial charge in [0.2, 0.25) is 5.60 Å². The Morgan fingerprint density at radius 1 is 0.972 bits per heavy atom. The summed E-state index contributed by atoms with van der Waals surface area (Å²) in [6, 6.07) is 18.2. The van der Waals surface area contributed by atoms with Crippen molar-refractivity contribution in [3.05, 3.63) is 89.1 Å². The smallest absolute Gasteiger partial charge is 0.422 e. The third-order valence-corrected chi connectivity index (χ3v) is 7.90. The fourth-order valence-corrected chi connectivity index (χ4v) is 5.99. The number of aromatic nitrogens is 2. The minimum atomic E-state index is -1.88. The van der Waals surface area contributed by atoms with Crippen molar-refractivity contribution in [2.45, 2.75) is 31.0 Å². The highest BCUT2D eigenvalue weighted by molar-refractivity contribution is 5.88. The normalized spacial score (nSPS) is 25.0. The molecule has 2 amide bonds. The summed E-state index contributed by atoms with van der Waals surface area (Å²) in [5.41, 5.74) is 1.06. The van der Waals surface area contributed by atoms with Crippen LogP contribution in [0.3, 0.4) is 0 Å². The Bertz CT molecular complexity index is 1250. The summed E-state index contributed by atoms with van der Waals surface area (Å²) in [4.78, 5) is 27.0. The van der Waals surface area contributed by atoms with E-state index in [0.29, 0.717) is 43.0 Å². The van der Waals surface area contributed by atoms with Crippen molar-refractivity contribution >= 4 is 17.8 Å². The number of carbonyl (C=O) groups excluding carboxylic acids is 2. The molecule has 9 heteroatoms. The van der Waals surface area contributed by atoms with E-state index >= 15 is 0 Å². The molecule has 3 aliphatic heterocycles. The van der Waals surface area contributed by atoms with Gasteiger partial charge < -0.3 is 26.8 Å². The Balaban J connectivity index is 0.00000267. The summed E-state index contributed by atoms with van der Waals surface area (Å²) in [6.45, 7) is 1.74. The Kier molecular flexibility index (Phi) is 6.40. The first-order valence-corrected chi connectivity index (χ1v) is 12.1. The van der Waals surface area contributed by atoms with Crippen LogP contribution in [0, 0.1) is 5.92 Å². The number of nitrogens with one attached hydrogen (secondary N) is 1. The average molecular weight is 551 g/mol. The molecule has 3 aromatic rings. The van der Waals surface area contributed by atoms with Gasteiger partial charge >= 0.3 is 12.0 Å². The fourth-order valence-electron chi connectivity index (χ4n) is 5.99. The zero-order valence-corrected chi connectivity index (χ0v) is 21.2. The van der Waals surface area contributed by atoms with Gasteiger partial charge in [-0.3, -0.25) is 5.32 Å². The van der Waals surface area contributed by atoms with Crippen LogP contribution in [0.4, 0.5) is 10.6 Å². The van der Waals surface area contributed by atoms with Gasteiger partial charge in [-0.25, -0.2) is 14.1 Å². The number of urea groups is 1. The van der Waals surface area contributed by atoms with Crippen molar-refractivity contribution in [2.24, 2.45) is 5.92 Å². The molecule has 1 aliphatic carbocycles. The standard InChI is InChI=1S/C27H26N4O4.BrH/c32-25(27(34)21-8-3-1-6-19(21)16-20-7-2-4-9-22(20)27)35-23-17-31(14-11-18(23)12-15-31)26(33)29-24-10-5-13-28-30-24;/h1-10,13,18,23,34H,11-12,14-17H2;1H. The number of quaternary nitrogens is 1. The molecular formula is C27H27BrN4O4. The van der Waals surface area contributed by atoms with Crippen molar-refractivity contribution in [1.29, 1.82) is 0 Å². The molecule has 4 heterocycles. The number of benzene rings is 2. The number of anilines is 1. The first-order valence-electron chi connectivity index (χ1n) is 12.1. The molecule has 8 nitrogen and oxygen atoms in total. The zero-order chi connectivity index (χ0) is 24.0. The lowest BCUT2D eigenvalue weighted by Gasteiger charge is -2.49. The molecule has 4 aliphatic rings. The molecule has 2 bridgehead atoms. The number of carbonyl (C=O) groups is 2. The van der Waals surface area contributed by atoms with Crippen molar-refractivity contribution < 1.29 is 40.9 Å². The average Bonchev–Trinajstić information content (AvgIpc) is 2.90. The number of halogens is 1. The van der Waals surface area contributed by atoms with E-state index in [1.54, 1.807) is 30.5 Å². The molecule has 36 heavy (non-hydrogen) atoms. The summed E-state index contributed by atoms with van der Waals surface area (Å²) in [5, 5.41) is 22.6. The predicted octanol–water partition coefficient (Wildman–Crippen LogP) is 0.00500. The minimum Gasteiger partial charge on any atom is -1.00 e. The van der Waals surface area contributed by atoms with E-state index in [1.165, 1.54) is 0 Å². The molecule has 1 aromatic heterocycles. The van der Waals surface area contributed by atoms with Gasteiger partial charge in [0.1, 0.15) is 6.54 Å². The first kappa shape index (κ1) is 24.5. The maximum atomic E-state index is 13.8. The zero-order valence-electron chi connectivity index (χ0n) is 19.6. The number of hydrogen-bond donors (Lipinski definition) is 2. The monoisotopic (exact) mass is 550 g/mol. The number of piperidine rings is 3. The van der Waals surface area contributed by atoms with Crippen molar-refractivity contribution in [3.63, 3.8) is 0 Å². The van der Waals surface area contributed by atoms with Gasteiger partial charge in [-0.05, 0) is 29.7 Å². The molecule has 7 rings (SSSR count). The van der Waals surface area contributed by atoms with E-state index < -0.39 is 17.7 Å². The third-order valence-electron chi connectivity index (χ3n) is 7.90. The second-order valence-electron chi connectivity index (χ2n) is 9.80. The molecule has 0 spiro atoms. The highest BCUT2D eigenvalue weighted by Crippen LogP contribution is 2.43. The maximum absolute atomic E-state index is 13.8. The summed E-state index contributed by atoms with van der Waals surface area (Å²) in [6.07, 6.45) is 3.30. The van der Waals surface area contributed by atoms with Crippen LogP contribution >= 0.6 is 0 Å². The third kappa shape index (κ3) is 3.91. The Hall–Kier alpha value is -3.14. The van der Waals surface area contributed by atoms with Gasteiger partial charge in [-0.2, -0.15) is 5.10 Å². The number of esters is 1. The highest BCUT2D eigenvalue weighted by Gasteiger charge is 2.54. The van der Waals surface area contributed by atoms with E-state index in [-0.39, 0.29) is 33.4 Å². The summed E-state index contributed by atoms with van der Waals surface area (Å²) in [7, 11) is 0. The SMILES string of the molecule is O=C(OC1C[N+]2(C(=O)Nc3cccnn3)CCC1CC2)C1(O)c2ccccc2Cc2ccccc21.[Br-]. The molecule has 2 N–H and O–H groups in total. The molecule has 0 radical (unpaired) electrons. The number of aliphatic hydroxyl groups is 1. The Morgan fingerprint density at radius 3 is 2.22 bits per heavy atom. The van der Waals surface area contributed by atoms with E-state index in [9.17, 15) is 14.7 Å². The van der Waals surface area contributed by atoms with Crippen LogP contribution in [-0.4, -0.2) is 57.5 Å². The largest absolute Gasteiger partial charge is 1.00 e. The molecule has 3 saturated heterocycles. The summed E-state index contributed by atoms with van der Waals surface area (Å²) >= 11 is 0. The van der Waals surface area contributed by atoms with Crippen LogP contribution in [0.25, 0.3) is 0 Å². The second-order valence-corrected chi connectivity index (χ2v) is 9.80. The Labute approximate surface area is 219 Å². The minimum absolute atomic E-state index is 0. The van der Waals surface area contributed by atoms with Crippen LogP contribution in [0.5, 0.6) is 0 Å². The number of nitrogens with zero attached hydrogens (tertiary/aromatic N) is 3. The van der Waals surface area contributed by atoms with Crippen LogP contribution in [0.2, 0.25) is 0 Å². The lowest BCUT2D eigenvalue weighted by Crippen LogP contribution is -3.00. The predicted molar refractivity (Wildman–Crippen MR) is 127 cm³/mol. The summed E-state index contributed by atoms with van der Waals surface area (Å²) < 4.78 is 6.27. The van der Waals surface area contributed by atoms with Crippen molar-refractivity contribution in [3.8, 4) is 0 Å². The second kappa shape index (κ2) is 9.38. The summed E-state index contributed by atoms with van der Waals surface area (Å²) in [5.74, 6) is -0.111. The van der Waals surface area contributed by atoms with Gasteiger partial charge in [-0.15, -0.1) is 5.10 Å². The highest BCUT2D eigenvalue weighted by atomic mass is 79.9. The topological polar surface area (TPSA) is 101 Å². The van der Waals surface area contributed by atoms with E-state index in [1.807, 2.05) is 36.4 Å². The molecule has 3 fully saturated rings. The van der Waals surface area contributed by atoms with Gasteiger partial charge in [0.25, 0.3) is 0 Å². The van der Waals surface area contributed by atoms with Crippen molar-refractivity contribution in [2.75, 3.05) is 25.0 Å². The molecule has 0 saturated carbocycles. The quantitative estimate of drug-likeness (QED) is 0.352. The van der Waals surface area contributed by atoms with E-state index in [0.717, 1.165) is 24.0 Å². The number of ether oxygens (including phenoxy) is 1. The van der Waals surface area contributed by atoms with E-state index in [4.69, 9.17) is 4.74 Å². The maximum Gasteiger partial charge on any atom is 0.422 e. The number of fused-ring (bicyclic) bond motifs is 5. The fraction of sp³-hybridized carbons (Fsp3) is 0.333. The molecule has 1 unspecified atom stereocenters. The van der Waals surface area contributed by atoms with Crippen LogP contribution in [0.1, 0.15) is 35.1 Å². The van der Waals surface area contributed by atoms with Gasteiger partial charge in [-0.1, -0.05) is 48.5 Å². The molecule has 1 atom stereocenters. The Morgan fingerprint density at radius 2 is 1.61 bits per heavy atom. The number of hydrogen-bond acceptors (Lipinski definition) is 6. The molecule has 2 aromatic carbocycles. The van der Waals surface area contributed by atoms with Gasteiger partial charge in [0, 0.05) is 36.1 Å². The van der Waals surface area contributed by atoms with Gasteiger partial charge in [0.15, 0.2) is 11.9 Å². The first-order chi connectivity index (χ1) is 17.0. The van der Waals surface area contributed by atoms with E-state index in [2.05, 4.69) is 15.5 Å². The lowest BCUT2D eigenvalue weighted by atomic mass is 9.74. The lowest BCUT2D eigenvalue weighted by molar-refractivity contribution is -0.869. The number of rotatable bonds is 3. The van der Waals surface area contributed by atoms with Crippen LogP contribution in [0.15, 0.2) is 66.9 Å².